The van der Waals surface area contributed by atoms with Crippen molar-refractivity contribution in [1.82, 2.24) is 14.9 Å². The van der Waals surface area contributed by atoms with Crippen molar-refractivity contribution < 1.29 is 22.7 Å². The zero-order valence-electron chi connectivity index (χ0n) is 16.3. The number of benzene rings is 2. The van der Waals surface area contributed by atoms with E-state index in [0.29, 0.717) is 28.8 Å². The Morgan fingerprint density at radius 2 is 1.70 bits per heavy atom. The standard InChI is InChI=1S/C19H20N4O5S2/c1-3-28-15-8-10-16(11-9-15)30(25,26)20-12-17-22-23-19(29-17)18(24)21-13-4-6-14(27-2)7-5-13/h4-11,20H,3,12H2,1-2H3,(H,21,24). The summed E-state index contributed by atoms with van der Waals surface area (Å²) in [6, 6.07) is 12.9. The molecule has 3 rings (SSSR count). The second-order valence-electron chi connectivity index (χ2n) is 5.91. The van der Waals surface area contributed by atoms with E-state index in [1.165, 1.54) is 12.1 Å². The summed E-state index contributed by atoms with van der Waals surface area (Å²) in [5, 5.41) is 10.9. The quantitative estimate of drug-likeness (QED) is 0.516. The molecule has 0 bridgehead atoms. The molecule has 0 spiro atoms. The van der Waals surface area contributed by atoms with Gasteiger partial charge in [-0.25, -0.2) is 13.1 Å². The van der Waals surface area contributed by atoms with E-state index in [4.69, 9.17) is 9.47 Å². The summed E-state index contributed by atoms with van der Waals surface area (Å²) in [7, 11) is -2.18. The van der Waals surface area contributed by atoms with Gasteiger partial charge in [-0.2, -0.15) is 0 Å². The van der Waals surface area contributed by atoms with Crippen molar-refractivity contribution in [1.29, 1.82) is 0 Å². The van der Waals surface area contributed by atoms with Crippen LogP contribution in [0.1, 0.15) is 21.7 Å². The van der Waals surface area contributed by atoms with Crippen LogP contribution in [0.3, 0.4) is 0 Å². The molecule has 1 heterocycles. The third-order valence-corrected chi connectivity index (χ3v) is 6.21. The predicted octanol–water partition coefficient (Wildman–Crippen LogP) is 2.68. The lowest BCUT2D eigenvalue weighted by molar-refractivity contribution is 0.102. The molecule has 3 aromatic rings. The number of methoxy groups -OCH3 is 1. The minimum absolute atomic E-state index is 0.0803. The summed E-state index contributed by atoms with van der Waals surface area (Å²) in [5.41, 5.74) is 0.578. The zero-order chi connectivity index (χ0) is 21.6. The number of ether oxygens (including phenoxy) is 2. The van der Waals surface area contributed by atoms with Gasteiger partial charge in [0.2, 0.25) is 15.0 Å². The van der Waals surface area contributed by atoms with Gasteiger partial charge in [0.15, 0.2) is 0 Å². The first-order chi connectivity index (χ1) is 14.4. The van der Waals surface area contributed by atoms with E-state index in [2.05, 4.69) is 20.2 Å². The van der Waals surface area contributed by atoms with Crippen molar-refractivity contribution in [3.8, 4) is 11.5 Å². The molecule has 0 atom stereocenters. The first-order valence-electron chi connectivity index (χ1n) is 8.91. The minimum atomic E-state index is -3.74. The number of anilines is 1. The molecule has 0 aliphatic carbocycles. The van der Waals surface area contributed by atoms with Crippen LogP contribution in [0.4, 0.5) is 5.69 Å². The van der Waals surface area contributed by atoms with E-state index in [0.717, 1.165) is 11.3 Å². The van der Waals surface area contributed by atoms with Gasteiger partial charge in [-0.3, -0.25) is 4.79 Å². The summed E-state index contributed by atoms with van der Waals surface area (Å²) >= 11 is 1.01. The topological polar surface area (TPSA) is 120 Å². The van der Waals surface area contributed by atoms with Crippen LogP contribution in [0.15, 0.2) is 53.4 Å². The maximum absolute atomic E-state index is 12.4. The Hall–Kier alpha value is -3.02. The molecule has 0 saturated carbocycles. The molecule has 0 aliphatic rings. The van der Waals surface area contributed by atoms with Crippen molar-refractivity contribution in [2.75, 3.05) is 19.0 Å². The molecule has 0 saturated heterocycles. The lowest BCUT2D eigenvalue weighted by Crippen LogP contribution is -2.23. The van der Waals surface area contributed by atoms with Gasteiger partial charge in [-0.15, -0.1) is 10.2 Å². The lowest BCUT2D eigenvalue weighted by atomic mass is 10.3. The molecule has 30 heavy (non-hydrogen) atoms. The number of sulfonamides is 1. The minimum Gasteiger partial charge on any atom is -0.497 e. The highest BCUT2D eigenvalue weighted by atomic mass is 32.2. The van der Waals surface area contributed by atoms with E-state index < -0.39 is 15.9 Å². The second kappa shape index (κ2) is 9.65. The van der Waals surface area contributed by atoms with Crippen molar-refractivity contribution in [3.63, 3.8) is 0 Å². The van der Waals surface area contributed by atoms with Crippen molar-refractivity contribution in [2.24, 2.45) is 0 Å². The number of hydrogen-bond acceptors (Lipinski definition) is 8. The molecular formula is C19H20N4O5S2. The Labute approximate surface area is 178 Å². The monoisotopic (exact) mass is 448 g/mol. The number of aromatic nitrogens is 2. The molecule has 0 aliphatic heterocycles. The summed E-state index contributed by atoms with van der Waals surface area (Å²) in [6.45, 7) is 2.26. The van der Waals surface area contributed by atoms with Crippen molar-refractivity contribution in [3.05, 3.63) is 58.5 Å². The molecule has 2 aromatic carbocycles. The summed E-state index contributed by atoms with van der Waals surface area (Å²) in [5.74, 6) is 0.831. The highest BCUT2D eigenvalue weighted by Gasteiger charge is 2.17. The van der Waals surface area contributed by atoms with E-state index in [-0.39, 0.29) is 16.4 Å². The Kier molecular flexibility index (Phi) is 6.98. The third kappa shape index (κ3) is 5.53. The first kappa shape index (κ1) is 21.7. The molecule has 9 nitrogen and oxygen atoms in total. The normalized spacial score (nSPS) is 11.1. The van der Waals surface area contributed by atoms with Crippen molar-refractivity contribution >= 4 is 33.0 Å². The van der Waals surface area contributed by atoms with E-state index >= 15 is 0 Å². The van der Waals surface area contributed by atoms with Crippen LogP contribution in [0.5, 0.6) is 11.5 Å². The SMILES string of the molecule is CCOc1ccc(S(=O)(=O)NCc2nnc(C(=O)Nc3ccc(OC)cc3)s2)cc1. The summed E-state index contributed by atoms with van der Waals surface area (Å²) in [6.07, 6.45) is 0. The number of nitrogens with zero attached hydrogens (tertiary/aromatic N) is 2. The molecule has 2 N–H and O–H groups in total. The molecule has 158 valence electrons. The fraction of sp³-hybridized carbons (Fsp3) is 0.211. The van der Waals surface area contributed by atoms with E-state index in [9.17, 15) is 13.2 Å². The Morgan fingerprint density at radius 3 is 2.33 bits per heavy atom. The van der Waals surface area contributed by atoms with Gasteiger partial charge in [-0.05, 0) is 55.5 Å². The molecule has 0 radical (unpaired) electrons. The number of nitrogens with one attached hydrogen (secondary N) is 2. The van der Waals surface area contributed by atoms with Gasteiger partial charge in [-0.1, -0.05) is 11.3 Å². The molecule has 1 aromatic heterocycles. The van der Waals surface area contributed by atoms with Crippen LogP contribution in [0, 0.1) is 0 Å². The van der Waals surface area contributed by atoms with Gasteiger partial charge in [0, 0.05) is 5.69 Å². The van der Waals surface area contributed by atoms with Crippen LogP contribution in [-0.4, -0.2) is 38.2 Å². The average Bonchev–Trinajstić information content (AvgIpc) is 3.23. The lowest BCUT2D eigenvalue weighted by Gasteiger charge is -2.07. The number of carbonyl (C=O) groups excluding carboxylic acids is 1. The van der Waals surface area contributed by atoms with Crippen LogP contribution < -0.4 is 19.5 Å². The molecule has 1 amide bonds. The maximum Gasteiger partial charge on any atom is 0.286 e. The fourth-order valence-electron chi connectivity index (χ4n) is 2.40. The Morgan fingerprint density at radius 1 is 1.03 bits per heavy atom. The number of rotatable bonds is 9. The van der Waals surface area contributed by atoms with E-state index in [1.54, 1.807) is 43.5 Å². The van der Waals surface area contributed by atoms with E-state index in [1.807, 2.05) is 6.92 Å². The molecular weight excluding hydrogens is 428 g/mol. The highest BCUT2D eigenvalue weighted by Crippen LogP contribution is 2.19. The molecule has 0 fully saturated rings. The fourth-order valence-corrected chi connectivity index (χ4v) is 4.15. The van der Waals surface area contributed by atoms with Crippen LogP contribution >= 0.6 is 11.3 Å². The summed E-state index contributed by atoms with van der Waals surface area (Å²) < 4.78 is 37.7. The smallest absolute Gasteiger partial charge is 0.286 e. The van der Waals surface area contributed by atoms with Gasteiger partial charge in [0.1, 0.15) is 16.5 Å². The van der Waals surface area contributed by atoms with Gasteiger partial charge in [0.05, 0.1) is 25.2 Å². The van der Waals surface area contributed by atoms with Gasteiger partial charge in [0.25, 0.3) is 5.91 Å². The average molecular weight is 449 g/mol. The Balaban J connectivity index is 1.59. The predicted molar refractivity (Wildman–Crippen MR) is 112 cm³/mol. The number of hydrogen-bond donors (Lipinski definition) is 2. The van der Waals surface area contributed by atoms with Crippen LogP contribution in [0.2, 0.25) is 0 Å². The largest absolute Gasteiger partial charge is 0.497 e. The maximum atomic E-state index is 12.4. The number of carbonyl (C=O) groups is 1. The van der Waals surface area contributed by atoms with Gasteiger partial charge >= 0.3 is 0 Å². The highest BCUT2D eigenvalue weighted by molar-refractivity contribution is 7.89. The Bertz CT molecular complexity index is 1100. The van der Waals surface area contributed by atoms with Gasteiger partial charge < -0.3 is 14.8 Å². The molecule has 11 heteroatoms. The second-order valence-corrected chi connectivity index (χ2v) is 8.74. The zero-order valence-corrected chi connectivity index (χ0v) is 17.9. The van der Waals surface area contributed by atoms with Crippen LogP contribution in [-0.2, 0) is 16.6 Å². The van der Waals surface area contributed by atoms with Crippen LogP contribution in [0.25, 0.3) is 0 Å². The first-order valence-corrected chi connectivity index (χ1v) is 11.2. The van der Waals surface area contributed by atoms with Crippen molar-refractivity contribution in [2.45, 2.75) is 18.4 Å². The number of amides is 1. The third-order valence-electron chi connectivity index (χ3n) is 3.87. The molecule has 0 unspecified atom stereocenters. The summed E-state index contributed by atoms with van der Waals surface area (Å²) in [4.78, 5) is 12.4.